The molecule has 0 heterocycles. The fraction of sp³-hybridized carbons (Fsp3) is 0.812. The lowest BCUT2D eigenvalue weighted by Gasteiger charge is -2.45. The van der Waals surface area contributed by atoms with Gasteiger partial charge in [0.1, 0.15) is 6.61 Å². The minimum absolute atomic E-state index is 0.387. The fourth-order valence-corrected chi connectivity index (χ4v) is 2.38. The quantitative estimate of drug-likeness (QED) is 0.156. The molecule has 3 nitrogen and oxygen atoms in total. The lowest BCUT2D eigenvalue weighted by Crippen LogP contribution is -2.77. The fourth-order valence-electron chi connectivity index (χ4n) is 2.38. The first-order valence-corrected chi connectivity index (χ1v) is 8.91. The third kappa shape index (κ3) is 5.32. The van der Waals surface area contributed by atoms with Gasteiger partial charge in [-0.3, -0.25) is 0 Å². The van der Waals surface area contributed by atoms with Gasteiger partial charge in [-0.1, -0.05) is 6.58 Å². The van der Waals surface area contributed by atoms with Gasteiger partial charge < -0.3 is 9.84 Å². The van der Waals surface area contributed by atoms with Crippen LogP contribution in [0.4, 0.5) is 83.4 Å². The average Bonchev–Trinajstić information content (AvgIpc) is 2.72. The summed E-state index contributed by atoms with van der Waals surface area (Å²) in [5.41, 5.74) is -8.79. The van der Waals surface area contributed by atoms with Crippen LogP contribution in [0.5, 0.6) is 0 Å². The highest BCUT2D eigenvalue weighted by Crippen LogP contribution is 2.66. The summed E-state index contributed by atoms with van der Waals surface area (Å²) >= 11 is 0. The molecule has 226 valence electrons. The number of aliphatic hydroxyl groups is 1. The molecule has 22 heteroatoms. The normalized spacial score (nSPS) is 16.3. The standard InChI is InChI=1S/C16H11F19O3/c1-2-7(37)38-5-6(36)3-4-8(17,18)10(20,21)12(24,25)14(28,29)13(26,27)11(22,23)9(19,15(30,31)32)16(33,34)35/h2,6,36H,1,3-5H2. The van der Waals surface area contributed by atoms with Crippen LogP contribution in [-0.4, -0.2) is 77.3 Å². The minimum Gasteiger partial charge on any atom is -0.460 e. The van der Waals surface area contributed by atoms with Crippen molar-refractivity contribution >= 4 is 5.97 Å². The van der Waals surface area contributed by atoms with Crippen LogP contribution in [0.25, 0.3) is 0 Å². The molecule has 0 aromatic heterocycles. The second-order valence-corrected chi connectivity index (χ2v) is 7.26. The Morgan fingerprint density at radius 2 is 1.00 bits per heavy atom. The molecule has 0 aliphatic heterocycles. The second-order valence-electron chi connectivity index (χ2n) is 7.26. The number of carbonyl (C=O) groups excluding carboxylic acids is 1. The van der Waals surface area contributed by atoms with E-state index in [2.05, 4.69) is 11.3 Å². The summed E-state index contributed by atoms with van der Waals surface area (Å²) < 4.78 is 255. The van der Waals surface area contributed by atoms with E-state index in [0.29, 0.717) is 6.08 Å². The average molecular weight is 612 g/mol. The lowest BCUT2D eigenvalue weighted by molar-refractivity contribution is -0.472. The van der Waals surface area contributed by atoms with Crippen molar-refractivity contribution in [1.29, 1.82) is 0 Å². The van der Waals surface area contributed by atoms with Gasteiger partial charge in [-0.25, -0.2) is 9.18 Å². The number of hydrogen-bond acceptors (Lipinski definition) is 3. The number of aliphatic hydroxyl groups excluding tert-OH is 1. The molecule has 0 aliphatic rings. The summed E-state index contributed by atoms with van der Waals surface area (Å²) in [6.45, 7) is 1.41. The van der Waals surface area contributed by atoms with Gasteiger partial charge in [-0.2, -0.15) is 79.0 Å². The molecule has 1 N–H and O–H groups in total. The van der Waals surface area contributed by atoms with Crippen molar-refractivity contribution in [3.63, 3.8) is 0 Å². The first-order chi connectivity index (χ1) is 16.3. The number of rotatable bonds is 12. The van der Waals surface area contributed by atoms with Crippen molar-refractivity contribution in [1.82, 2.24) is 0 Å². The van der Waals surface area contributed by atoms with Gasteiger partial charge in [0.05, 0.1) is 6.10 Å². The molecular weight excluding hydrogens is 601 g/mol. The van der Waals surface area contributed by atoms with Crippen molar-refractivity contribution in [2.45, 2.75) is 72.5 Å². The van der Waals surface area contributed by atoms with Crippen molar-refractivity contribution in [2.75, 3.05) is 6.61 Å². The predicted octanol–water partition coefficient (Wildman–Crippen LogP) is 6.50. The Morgan fingerprint density at radius 3 is 1.34 bits per heavy atom. The first-order valence-electron chi connectivity index (χ1n) is 8.91. The van der Waals surface area contributed by atoms with Crippen LogP contribution in [0, 0.1) is 0 Å². The molecular formula is C16H11F19O3. The maximum Gasteiger partial charge on any atom is 0.438 e. The molecule has 1 unspecified atom stereocenters. The monoisotopic (exact) mass is 612 g/mol. The van der Waals surface area contributed by atoms with Crippen LogP contribution < -0.4 is 0 Å². The largest absolute Gasteiger partial charge is 0.460 e. The summed E-state index contributed by atoms with van der Waals surface area (Å²) in [5, 5.41) is 9.16. The topological polar surface area (TPSA) is 46.5 Å². The molecule has 0 spiro atoms. The van der Waals surface area contributed by atoms with Gasteiger partial charge in [-0.15, -0.1) is 0 Å². The molecule has 1 atom stereocenters. The molecule has 0 aliphatic carbocycles. The van der Waals surface area contributed by atoms with Crippen LogP contribution >= 0.6 is 0 Å². The summed E-state index contributed by atoms with van der Waals surface area (Å²) in [6.07, 6.45) is -23.6. The van der Waals surface area contributed by atoms with E-state index in [0.717, 1.165) is 0 Å². The zero-order valence-corrected chi connectivity index (χ0v) is 17.4. The van der Waals surface area contributed by atoms with E-state index in [-0.39, 0.29) is 0 Å². The SMILES string of the molecule is C=CC(=O)OCC(O)CCC(F)(F)C(F)(F)C(F)(F)C(F)(F)C(F)(F)C(F)(F)C(F)(C(F)(F)F)C(F)(F)F. The van der Waals surface area contributed by atoms with Crippen LogP contribution in [0.15, 0.2) is 12.7 Å². The van der Waals surface area contributed by atoms with Gasteiger partial charge in [0.15, 0.2) is 0 Å². The molecule has 0 saturated heterocycles. The van der Waals surface area contributed by atoms with E-state index in [9.17, 15) is 88.2 Å². The molecule has 0 amide bonds. The van der Waals surface area contributed by atoms with Crippen LogP contribution in [0.2, 0.25) is 0 Å². The van der Waals surface area contributed by atoms with E-state index in [1.807, 2.05) is 0 Å². The van der Waals surface area contributed by atoms with Crippen molar-refractivity contribution in [3.05, 3.63) is 12.7 Å². The Morgan fingerprint density at radius 1 is 0.658 bits per heavy atom. The summed E-state index contributed by atoms with van der Waals surface area (Å²) in [5.74, 6) is -51.8. The molecule has 0 saturated carbocycles. The van der Waals surface area contributed by atoms with E-state index in [1.54, 1.807) is 0 Å². The second kappa shape index (κ2) is 10.1. The lowest BCUT2D eigenvalue weighted by atomic mass is 9.83. The summed E-state index contributed by atoms with van der Waals surface area (Å²) in [6, 6.07) is 0. The number of ether oxygens (including phenoxy) is 1. The Hall–Kier alpha value is -2.16. The molecule has 0 rings (SSSR count). The van der Waals surface area contributed by atoms with Crippen LogP contribution in [-0.2, 0) is 9.53 Å². The summed E-state index contributed by atoms with van der Waals surface area (Å²) in [7, 11) is 0. The molecule has 0 fully saturated rings. The number of halogens is 19. The molecule has 0 bridgehead atoms. The summed E-state index contributed by atoms with van der Waals surface area (Å²) in [4.78, 5) is 10.7. The predicted molar refractivity (Wildman–Crippen MR) is 82.0 cm³/mol. The molecule has 0 radical (unpaired) electrons. The number of alkyl halides is 19. The van der Waals surface area contributed by atoms with Crippen LogP contribution in [0.1, 0.15) is 12.8 Å². The zero-order valence-electron chi connectivity index (χ0n) is 17.4. The van der Waals surface area contributed by atoms with E-state index in [1.165, 1.54) is 0 Å². The van der Waals surface area contributed by atoms with Gasteiger partial charge in [0.25, 0.3) is 0 Å². The van der Waals surface area contributed by atoms with Crippen molar-refractivity contribution in [2.24, 2.45) is 0 Å². The molecule has 0 aromatic rings. The molecule has 0 aromatic carbocycles. The van der Waals surface area contributed by atoms with Gasteiger partial charge in [-0.05, 0) is 6.42 Å². The van der Waals surface area contributed by atoms with E-state index < -0.39 is 85.1 Å². The zero-order chi connectivity index (χ0) is 31.2. The maximum absolute atomic E-state index is 13.7. The highest BCUT2D eigenvalue weighted by Gasteiger charge is 2.98. The minimum atomic E-state index is -9.08. The van der Waals surface area contributed by atoms with E-state index in [4.69, 9.17) is 5.11 Å². The van der Waals surface area contributed by atoms with Gasteiger partial charge in [0, 0.05) is 12.5 Å². The molecule has 38 heavy (non-hydrogen) atoms. The van der Waals surface area contributed by atoms with Crippen molar-refractivity contribution in [3.8, 4) is 0 Å². The Bertz CT molecular complexity index is 843. The Labute approximate surface area is 197 Å². The third-order valence-corrected chi connectivity index (χ3v) is 4.63. The number of hydrogen-bond donors (Lipinski definition) is 1. The van der Waals surface area contributed by atoms with Gasteiger partial charge >= 0.3 is 59.5 Å². The maximum atomic E-state index is 13.7. The van der Waals surface area contributed by atoms with Gasteiger partial charge in [0.2, 0.25) is 0 Å². The number of carbonyl (C=O) groups is 1. The number of esters is 1. The Balaban J connectivity index is 6.56. The Kier molecular flexibility index (Phi) is 9.53. The van der Waals surface area contributed by atoms with Crippen molar-refractivity contribution < 1.29 is 98.1 Å². The smallest absolute Gasteiger partial charge is 0.438 e. The van der Waals surface area contributed by atoms with E-state index >= 15 is 0 Å². The third-order valence-electron chi connectivity index (χ3n) is 4.63. The first kappa shape index (κ1) is 35.8. The highest BCUT2D eigenvalue weighted by atomic mass is 19.4. The van der Waals surface area contributed by atoms with Crippen LogP contribution in [0.3, 0.4) is 0 Å². The highest BCUT2D eigenvalue weighted by molar-refractivity contribution is 5.81.